The first-order valence-electron chi connectivity index (χ1n) is 10.1. The third-order valence-corrected chi connectivity index (χ3v) is 4.99. The highest BCUT2D eigenvalue weighted by Gasteiger charge is 2.38. The highest BCUT2D eigenvalue weighted by atomic mass is 19.4. The van der Waals surface area contributed by atoms with E-state index in [1.54, 1.807) is 6.20 Å². The van der Waals surface area contributed by atoms with Gasteiger partial charge in [0.05, 0.1) is 18.3 Å². The number of anilines is 1. The second-order valence-electron chi connectivity index (χ2n) is 7.30. The quantitative estimate of drug-likeness (QED) is 0.677. The number of aryl methyl sites for hydroxylation is 2. The van der Waals surface area contributed by atoms with Crippen LogP contribution in [0.4, 0.5) is 18.9 Å². The highest BCUT2D eigenvalue weighted by molar-refractivity contribution is 5.95. The smallest absolute Gasteiger partial charge is 0.475 e. The predicted molar refractivity (Wildman–Crippen MR) is 113 cm³/mol. The third-order valence-electron chi connectivity index (χ3n) is 4.99. The number of aromatic nitrogens is 1. The lowest BCUT2D eigenvalue weighted by molar-refractivity contribution is -0.192. The monoisotopic (exact) mass is 457 g/mol. The molecule has 1 aliphatic heterocycles. The Balaban J connectivity index is 0.000000451. The van der Waals surface area contributed by atoms with Gasteiger partial charge in [-0.15, -0.1) is 0 Å². The molecular weight excluding hydrogens is 431 g/mol. The summed E-state index contributed by atoms with van der Waals surface area (Å²) in [7, 11) is 1.29. The van der Waals surface area contributed by atoms with Crippen LogP contribution in [-0.2, 0) is 16.1 Å². The Morgan fingerprint density at radius 3 is 2.28 bits per heavy atom. The molecule has 11 heteroatoms. The molecule has 8 nitrogen and oxygen atoms in total. The standard InChI is InChI=1S/C19H25N3O3.C2HF3O2/c1-4-21-12-16(19(24)25-3)18(23)15-11-14(10-13(2)17(15)21)20-22-8-6-5-7-9-22;3-2(4,5)1(6)7/h10-12,20H,4-9H2,1-3H3;(H,6,7). The molecule has 1 aromatic heterocycles. The SMILES string of the molecule is CCn1cc(C(=O)OC)c(=O)c2cc(NN3CCCCC3)cc(C)c21.O=C(O)C(F)(F)F. The third kappa shape index (κ3) is 6.00. The van der Waals surface area contributed by atoms with Crippen molar-refractivity contribution in [2.24, 2.45) is 0 Å². The van der Waals surface area contributed by atoms with Crippen molar-refractivity contribution in [3.63, 3.8) is 0 Å². The Morgan fingerprint density at radius 1 is 1.19 bits per heavy atom. The zero-order valence-corrected chi connectivity index (χ0v) is 18.1. The van der Waals surface area contributed by atoms with Gasteiger partial charge in [-0.2, -0.15) is 13.2 Å². The number of halogens is 3. The van der Waals surface area contributed by atoms with Crippen LogP contribution in [0, 0.1) is 6.92 Å². The minimum absolute atomic E-state index is 0.0753. The molecule has 2 heterocycles. The molecule has 0 bridgehead atoms. The summed E-state index contributed by atoms with van der Waals surface area (Å²) in [6.07, 6.45) is 0.128. The molecule has 0 aliphatic carbocycles. The predicted octanol–water partition coefficient (Wildman–Crippen LogP) is 3.56. The number of alkyl halides is 3. The zero-order chi connectivity index (χ0) is 24.1. The fraction of sp³-hybridized carbons (Fsp3) is 0.476. The van der Waals surface area contributed by atoms with Gasteiger partial charge < -0.3 is 19.8 Å². The molecule has 1 fully saturated rings. The van der Waals surface area contributed by atoms with Crippen LogP contribution in [0.15, 0.2) is 23.1 Å². The molecule has 0 unspecified atom stereocenters. The van der Waals surface area contributed by atoms with Crippen LogP contribution in [0.1, 0.15) is 42.1 Å². The molecule has 0 atom stereocenters. The number of methoxy groups -OCH3 is 1. The summed E-state index contributed by atoms with van der Waals surface area (Å²) in [6, 6.07) is 3.90. The number of nitrogens with one attached hydrogen (secondary N) is 1. The van der Waals surface area contributed by atoms with E-state index in [9.17, 15) is 22.8 Å². The van der Waals surface area contributed by atoms with E-state index in [1.165, 1.54) is 26.4 Å². The molecule has 32 heavy (non-hydrogen) atoms. The lowest BCUT2D eigenvalue weighted by Gasteiger charge is -2.28. The number of hydrazine groups is 1. The van der Waals surface area contributed by atoms with E-state index in [0.29, 0.717) is 11.9 Å². The summed E-state index contributed by atoms with van der Waals surface area (Å²) in [5.41, 5.74) is 5.96. The minimum Gasteiger partial charge on any atom is -0.475 e. The number of hydrogen-bond donors (Lipinski definition) is 2. The number of fused-ring (bicyclic) bond motifs is 1. The summed E-state index contributed by atoms with van der Waals surface area (Å²) in [5, 5.41) is 9.86. The fourth-order valence-electron chi connectivity index (χ4n) is 3.52. The number of carboxylic acid groups (broad SMARTS) is 1. The molecular formula is C21H26F3N3O5. The van der Waals surface area contributed by atoms with Crippen LogP contribution in [-0.4, -0.2) is 53.0 Å². The van der Waals surface area contributed by atoms with Crippen LogP contribution < -0.4 is 10.9 Å². The summed E-state index contributed by atoms with van der Waals surface area (Å²) >= 11 is 0. The number of aliphatic carboxylic acids is 1. The first-order valence-corrected chi connectivity index (χ1v) is 10.1. The second-order valence-corrected chi connectivity index (χ2v) is 7.30. The van der Waals surface area contributed by atoms with Crippen molar-refractivity contribution in [3.05, 3.63) is 39.7 Å². The maximum Gasteiger partial charge on any atom is 0.490 e. The Bertz CT molecular complexity index is 1040. The van der Waals surface area contributed by atoms with Gasteiger partial charge in [0.15, 0.2) is 0 Å². The molecule has 3 rings (SSSR count). The Labute approximate surface area is 182 Å². The van der Waals surface area contributed by atoms with Gasteiger partial charge in [0.2, 0.25) is 5.43 Å². The molecule has 176 valence electrons. The average Bonchev–Trinajstić information content (AvgIpc) is 2.74. The van der Waals surface area contributed by atoms with Gasteiger partial charge in [-0.3, -0.25) is 4.79 Å². The van der Waals surface area contributed by atoms with E-state index in [1.807, 2.05) is 24.5 Å². The Kier molecular flexibility index (Phi) is 8.25. The van der Waals surface area contributed by atoms with Gasteiger partial charge in [-0.05, 0) is 44.4 Å². The maximum atomic E-state index is 12.8. The van der Waals surface area contributed by atoms with Gasteiger partial charge in [-0.25, -0.2) is 14.6 Å². The molecule has 0 spiro atoms. The van der Waals surface area contributed by atoms with Gasteiger partial charge >= 0.3 is 18.1 Å². The van der Waals surface area contributed by atoms with Crippen LogP contribution in [0.2, 0.25) is 0 Å². The van der Waals surface area contributed by atoms with E-state index < -0.39 is 18.1 Å². The maximum absolute atomic E-state index is 12.8. The molecule has 0 amide bonds. The van der Waals surface area contributed by atoms with Gasteiger partial charge in [0.25, 0.3) is 0 Å². The van der Waals surface area contributed by atoms with Crippen LogP contribution >= 0.6 is 0 Å². The number of ether oxygens (including phenoxy) is 1. The number of nitrogens with zero attached hydrogens (tertiary/aromatic N) is 2. The normalized spacial score (nSPS) is 14.4. The molecule has 1 saturated heterocycles. The summed E-state index contributed by atoms with van der Waals surface area (Å²) in [6.45, 7) is 6.65. The summed E-state index contributed by atoms with van der Waals surface area (Å²) in [4.78, 5) is 33.7. The number of benzene rings is 1. The van der Waals surface area contributed by atoms with E-state index in [-0.39, 0.29) is 11.0 Å². The lowest BCUT2D eigenvalue weighted by Crippen LogP contribution is -2.34. The van der Waals surface area contributed by atoms with Gasteiger partial charge in [0, 0.05) is 31.2 Å². The second kappa shape index (κ2) is 10.5. The first kappa shape index (κ1) is 25.2. The van der Waals surface area contributed by atoms with Crippen LogP contribution in [0.3, 0.4) is 0 Å². The van der Waals surface area contributed by atoms with E-state index in [0.717, 1.165) is 29.9 Å². The number of carbonyl (C=O) groups is 2. The molecule has 2 aromatic rings. The van der Waals surface area contributed by atoms with Crippen molar-refractivity contribution < 1.29 is 32.6 Å². The Morgan fingerprint density at radius 2 is 1.78 bits per heavy atom. The van der Waals surface area contributed by atoms with E-state index >= 15 is 0 Å². The van der Waals surface area contributed by atoms with Crippen LogP contribution in [0.25, 0.3) is 10.9 Å². The number of carboxylic acids is 1. The fourth-order valence-corrected chi connectivity index (χ4v) is 3.52. The molecule has 2 N–H and O–H groups in total. The minimum atomic E-state index is -5.08. The summed E-state index contributed by atoms with van der Waals surface area (Å²) < 4.78 is 38.4. The lowest BCUT2D eigenvalue weighted by atomic mass is 10.1. The number of rotatable bonds is 4. The zero-order valence-electron chi connectivity index (χ0n) is 18.1. The van der Waals surface area contributed by atoms with E-state index in [2.05, 4.69) is 16.5 Å². The number of esters is 1. The molecule has 0 saturated carbocycles. The van der Waals surface area contributed by atoms with Crippen molar-refractivity contribution in [2.45, 2.75) is 45.8 Å². The number of hydrogen-bond acceptors (Lipinski definition) is 6. The summed E-state index contributed by atoms with van der Waals surface area (Å²) in [5.74, 6) is -3.35. The van der Waals surface area contributed by atoms with Crippen molar-refractivity contribution in [3.8, 4) is 0 Å². The van der Waals surface area contributed by atoms with E-state index in [4.69, 9.17) is 14.6 Å². The van der Waals surface area contributed by atoms with Crippen molar-refractivity contribution in [1.82, 2.24) is 9.58 Å². The molecule has 0 radical (unpaired) electrons. The van der Waals surface area contributed by atoms with Gasteiger partial charge in [-0.1, -0.05) is 6.42 Å². The Hall–Kier alpha value is -3.08. The first-order chi connectivity index (χ1) is 15.0. The topological polar surface area (TPSA) is 101 Å². The largest absolute Gasteiger partial charge is 0.490 e. The molecule has 1 aromatic carbocycles. The highest BCUT2D eigenvalue weighted by Crippen LogP contribution is 2.23. The van der Waals surface area contributed by atoms with Crippen molar-refractivity contribution >= 4 is 28.5 Å². The number of piperidine rings is 1. The molecule has 1 aliphatic rings. The van der Waals surface area contributed by atoms with Crippen molar-refractivity contribution in [1.29, 1.82) is 0 Å². The number of pyridine rings is 1. The number of carbonyl (C=O) groups excluding carboxylic acids is 1. The van der Waals surface area contributed by atoms with Gasteiger partial charge in [0.1, 0.15) is 5.56 Å². The van der Waals surface area contributed by atoms with Crippen molar-refractivity contribution in [2.75, 3.05) is 25.6 Å². The average molecular weight is 457 g/mol. The van der Waals surface area contributed by atoms with Crippen LogP contribution in [0.5, 0.6) is 0 Å².